The number of aliphatic hydroxyl groups is 1. The Bertz CT molecular complexity index is 659. The van der Waals surface area contributed by atoms with E-state index in [2.05, 4.69) is 59.8 Å². The Balaban J connectivity index is 2.00. The van der Waals surface area contributed by atoms with Gasteiger partial charge in [-0.15, -0.1) is 11.8 Å². The van der Waals surface area contributed by atoms with Crippen molar-refractivity contribution >= 4 is 20.1 Å². The summed E-state index contributed by atoms with van der Waals surface area (Å²) in [6.07, 6.45) is -0.837. The molecule has 1 aromatic carbocycles. The van der Waals surface area contributed by atoms with E-state index in [1.165, 1.54) is 4.90 Å². The molecule has 2 rings (SSSR count). The van der Waals surface area contributed by atoms with Crippen LogP contribution in [0.5, 0.6) is 0 Å². The van der Waals surface area contributed by atoms with E-state index in [-0.39, 0.29) is 29.1 Å². The van der Waals surface area contributed by atoms with Crippen molar-refractivity contribution in [2.45, 2.75) is 95.6 Å². The molecule has 1 aliphatic rings. The maximum Gasteiger partial charge on any atom is 0.192 e. The van der Waals surface area contributed by atoms with Gasteiger partial charge in [-0.2, -0.15) is 0 Å². The smallest absolute Gasteiger partial charge is 0.192 e. The van der Waals surface area contributed by atoms with Gasteiger partial charge in [-0.05, 0) is 50.0 Å². The van der Waals surface area contributed by atoms with Crippen LogP contribution in [-0.4, -0.2) is 49.9 Å². The molecule has 4 nitrogen and oxygen atoms in total. The zero-order chi connectivity index (χ0) is 22.7. The summed E-state index contributed by atoms with van der Waals surface area (Å²) in [5.74, 6) is 0.283. The second kappa shape index (κ2) is 10.0. The lowest BCUT2D eigenvalue weighted by Crippen LogP contribution is -2.46. The summed E-state index contributed by atoms with van der Waals surface area (Å²) in [6, 6.07) is 10.3. The van der Waals surface area contributed by atoms with Crippen molar-refractivity contribution in [2.24, 2.45) is 11.8 Å². The molecule has 0 aliphatic carbocycles. The van der Waals surface area contributed by atoms with Crippen molar-refractivity contribution in [3.05, 3.63) is 30.3 Å². The third kappa shape index (κ3) is 6.81. The zero-order valence-corrected chi connectivity index (χ0v) is 22.1. The van der Waals surface area contributed by atoms with Crippen LogP contribution in [0.15, 0.2) is 35.2 Å². The average molecular weight is 455 g/mol. The van der Waals surface area contributed by atoms with Crippen LogP contribution in [0.25, 0.3) is 0 Å². The van der Waals surface area contributed by atoms with E-state index in [1.807, 2.05) is 32.0 Å². The van der Waals surface area contributed by atoms with Crippen LogP contribution in [0.3, 0.4) is 0 Å². The number of ether oxygens (including phenoxy) is 2. The molecule has 0 aromatic heterocycles. The fraction of sp³-hybridized carbons (Fsp3) is 0.750. The Hall–Kier alpha value is -0.373. The lowest BCUT2D eigenvalue weighted by atomic mass is 9.88. The molecular weight excluding hydrogens is 412 g/mol. The maximum absolute atomic E-state index is 11.1. The molecule has 1 N–H and O–H groups in total. The molecule has 1 saturated heterocycles. The van der Waals surface area contributed by atoms with Crippen LogP contribution in [0.2, 0.25) is 18.1 Å². The van der Waals surface area contributed by atoms with Crippen LogP contribution >= 0.6 is 11.8 Å². The highest BCUT2D eigenvalue weighted by Crippen LogP contribution is 2.39. The SMILES string of the molecule is C[C@H]([C@@H](O)[C@@H](C)CSc1ccccc1)[C@@H]1OC(C)(C)O[C@H]1CO[Si](C)(C)C(C)(C)C. The molecule has 0 amide bonds. The summed E-state index contributed by atoms with van der Waals surface area (Å²) < 4.78 is 18.9. The molecule has 1 aromatic rings. The quantitative estimate of drug-likeness (QED) is 0.369. The third-order valence-corrected chi connectivity index (χ3v) is 12.3. The summed E-state index contributed by atoms with van der Waals surface area (Å²) in [7, 11) is -1.88. The Labute approximate surface area is 189 Å². The normalized spacial score (nSPS) is 25.1. The minimum Gasteiger partial charge on any atom is -0.414 e. The fourth-order valence-corrected chi connectivity index (χ4v) is 5.52. The highest BCUT2D eigenvalue weighted by atomic mass is 32.2. The molecule has 0 bridgehead atoms. The first kappa shape index (κ1) is 25.9. The number of hydrogen-bond acceptors (Lipinski definition) is 5. The maximum atomic E-state index is 11.1. The van der Waals surface area contributed by atoms with Gasteiger partial charge in [0, 0.05) is 16.6 Å². The molecule has 0 saturated carbocycles. The predicted octanol–water partition coefficient (Wildman–Crippen LogP) is 5.95. The summed E-state index contributed by atoms with van der Waals surface area (Å²) in [5.41, 5.74) is 0. The summed E-state index contributed by atoms with van der Waals surface area (Å²) in [4.78, 5) is 1.23. The van der Waals surface area contributed by atoms with Gasteiger partial charge in [0.1, 0.15) is 6.10 Å². The first-order chi connectivity index (χ1) is 13.7. The van der Waals surface area contributed by atoms with Gasteiger partial charge in [-0.25, -0.2) is 0 Å². The summed E-state index contributed by atoms with van der Waals surface area (Å²) >= 11 is 1.78. The first-order valence-corrected chi connectivity index (χ1v) is 15.0. The van der Waals surface area contributed by atoms with Gasteiger partial charge < -0.3 is 19.0 Å². The Morgan fingerprint density at radius 2 is 1.73 bits per heavy atom. The number of rotatable bonds is 9. The predicted molar refractivity (Wildman–Crippen MR) is 128 cm³/mol. The minimum atomic E-state index is -1.88. The van der Waals surface area contributed by atoms with E-state index in [0.717, 1.165) is 5.75 Å². The lowest BCUT2D eigenvalue weighted by molar-refractivity contribution is -0.155. The summed E-state index contributed by atoms with van der Waals surface area (Å²) in [5, 5.41) is 11.2. The first-order valence-electron chi connectivity index (χ1n) is 11.1. The van der Waals surface area contributed by atoms with Gasteiger partial charge >= 0.3 is 0 Å². The van der Waals surface area contributed by atoms with Gasteiger partial charge in [-0.1, -0.05) is 52.8 Å². The van der Waals surface area contributed by atoms with Crippen molar-refractivity contribution in [1.29, 1.82) is 0 Å². The molecule has 5 atom stereocenters. The van der Waals surface area contributed by atoms with Gasteiger partial charge in [-0.3, -0.25) is 0 Å². The molecule has 1 fully saturated rings. The number of aliphatic hydroxyl groups excluding tert-OH is 1. The molecule has 0 spiro atoms. The van der Waals surface area contributed by atoms with Crippen LogP contribution in [-0.2, 0) is 13.9 Å². The molecule has 1 aliphatic heterocycles. The largest absolute Gasteiger partial charge is 0.414 e. The van der Waals surface area contributed by atoms with E-state index in [4.69, 9.17) is 13.9 Å². The molecule has 0 radical (unpaired) electrons. The molecule has 30 heavy (non-hydrogen) atoms. The lowest BCUT2D eigenvalue weighted by Gasteiger charge is -2.38. The van der Waals surface area contributed by atoms with Gasteiger partial charge in [0.2, 0.25) is 0 Å². The second-order valence-electron chi connectivity index (χ2n) is 10.7. The second-order valence-corrected chi connectivity index (χ2v) is 16.6. The van der Waals surface area contributed by atoms with E-state index < -0.39 is 20.2 Å². The third-order valence-electron chi connectivity index (χ3n) is 6.53. The Morgan fingerprint density at radius 3 is 2.30 bits per heavy atom. The number of benzene rings is 1. The monoisotopic (exact) mass is 454 g/mol. The Kier molecular flexibility index (Phi) is 8.67. The molecule has 1 heterocycles. The fourth-order valence-electron chi connectivity index (χ4n) is 3.50. The van der Waals surface area contributed by atoms with Gasteiger partial charge in [0.25, 0.3) is 0 Å². The molecule has 172 valence electrons. The van der Waals surface area contributed by atoms with Crippen molar-refractivity contribution < 1.29 is 19.0 Å². The number of hydrogen-bond donors (Lipinski definition) is 1. The number of thioether (sulfide) groups is 1. The standard InChI is InChI=1S/C24H42O4SSi/c1-17(16-29-19-13-11-10-12-14-19)21(25)18(2)22-20(27-24(6,7)28-22)15-26-30(8,9)23(3,4)5/h10-14,17-18,20-22,25H,15-16H2,1-9H3/t17-,18+,20-,21-,22-/m0/s1. The summed E-state index contributed by atoms with van der Waals surface area (Å²) in [6.45, 7) is 19.8. The van der Waals surface area contributed by atoms with Crippen LogP contribution in [0.4, 0.5) is 0 Å². The Morgan fingerprint density at radius 1 is 1.13 bits per heavy atom. The van der Waals surface area contributed by atoms with Crippen LogP contribution < -0.4 is 0 Å². The van der Waals surface area contributed by atoms with Crippen LogP contribution in [0.1, 0.15) is 48.5 Å². The molecular formula is C24H42O4SSi. The van der Waals surface area contributed by atoms with Crippen molar-refractivity contribution in [1.82, 2.24) is 0 Å². The van der Waals surface area contributed by atoms with Crippen molar-refractivity contribution in [2.75, 3.05) is 12.4 Å². The highest BCUT2D eigenvalue weighted by molar-refractivity contribution is 7.99. The average Bonchev–Trinajstić information content (AvgIpc) is 2.98. The van der Waals surface area contributed by atoms with E-state index in [1.54, 1.807) is 11.8 Å². The van der Waals surface area contributed by atoms with Crippen LogP contribution in [0, 0.1) is 11.8 Å². The molecule has 0 unspecified atom stereocenters. The van der Waals surface area contributed by atoms with Crippen molar-refractivity contribution in [3.63, 3.8) is 0 Å². The van der Waals surface area contributed by atoms with E-state index in [0.29, 0.717) is 6.61 Å². The van der Waals surface area contributed by atoms with Gasteiger partial charge in [0.05, 0.1) is 18.8 Å². The zero-order valence-electron chi connectivity index (χ0n) is 20.3. The molecule has 6 heteroatoms. The minimum absolute atomic E-state index is 0.0498. The topological polar surface area (TPSA) is 47.9 Å². The van der Waals surface area contributed by atoms with E-state index >= 15 is 0 Å². The van der Waals surface area contributed by atoms with Crippen molar-refractivity contribution in [3.8, 4) is 0 Å². The van der Waals surface area contributed by atoms with E-state index in [9.17, 15) is 5.11 Å². The van der Waals surface area contributed by atoms with Gasteiger partial charge in [0.15, 0.2) is 14.1 Å². The highest BCUT2D eigenvalue weighted by Gasteiger charge is 2.47.